The minimum Gasteiger partial charge on any atom is -0.452 e. The number of carbonyl (C=O) groups excluding carboxylic acids is 2. The fourth-order valence-electron chi connectivity index (χ4n) is 3.56. The average molecular weight is 463 g/mol. The fourth-order valence-corrected chi connectivity index (χ4v) is 3.56. The topological polar surface area (TPSA) is 123 Å². The van der Waals surface area contributed by atoms with E-state index in [1.807, 2.05) is 54.6 Å². The molecule has 3 aromatic carbocycles. The smallest absolute Gasteiger partial charge is 0.338 e. The Morgan fingerprint density at radius 3 is 2.51 bits per heavy atom. The predicted molar refractivity (Wildman–Crippen MR) is 127 cm³/mol. The van der Waals surface area contributed by atoms with Crippen molar-refractivity contribution in [2.24, 2.45) is 0 Å². The lowest BCUT2D eigenvalue weighted by atomic mass is 10.1. The number of amides is 1. The molecule has 2 heterocycles. The first kappa shape index (κ1) is 21.6. The highest BCUT2D eigenvalue weighted by atomic mass is 16.5. The summed E-state index contributed by atoms with van der Waals surface area (Å²) in [5.41, 5.74) is 2.51. The maximum Gasteiger partial charge on any atom is 0.338 e. The van der Waals surface area contributed by atoms with E-state index >= 15 is 0 Å². The standard InChI is InChI=1S/C26H17N5O4/c27-14-19-15-28-31(20-9-5-2-6-10-20)25(19)29-23(32)16-34-26(33)18-11-12-22-21(13-18)24(35-30-22)17-7-3-1-4-8-17/h1-13,15H,16H2,(H,29,32). The molecule has 0 saturated carbocycles. The van der Waals surface area contributed by atoms with Crippen LogP contribution in [0.4, 0.5) is 5.82 Å². The summed E-state index contributed by atoms with van der Waals surface area (Å²) in [5.74, 6) is -0.563. The zero-order valence-electron chi connectivity index (χ0n) is 18.2. The lowest BCUT2D eigenvalue weighted by Gasteiger charge is -2.10. The summed E-state index contributed by atoms with van der Waals surface area (Å²) >= 11 is 0. The fraction of sp³-hybridized carbons (Fsp3) is 0.0385. The van der Waals surface area contributed by atoms with Gasteiger partial charge in [0.25, 0.3) is 5.91 Å². The van der Waals surface area contributed by atoms with Gasteiger partial charge in [-0.2, -0.15) is 10.4 Å². The number of hydrogen-bond acceptors (Lipinski definition) is 7. The third kappa shape index (κ3) is 4.36. The van der Waals surface area contributed by atoms with E-state index in [1.54, 1.807) is 30.3 Å². The molecule has 170 valence electrons. The number of fused-ring (bicyclic) bond motifs is 1. The second-order valence-corrected chi connectivity index (χ2v) is 7.50. The first-order valence-electron chi connectivity index (χ1n) is 10.6. The van der Waals surface area contributed by atoms with Crippen LogP contribution in [-0.2, 0) is 9.53 Å². The molecule has 0 radical (unpaired) electrons. The normalized spacial score (nSPS) is 10.6. The summed E-state index contributed by atoms with van der Waals surface area (Å²) < 4.78 is 12.1. The number of nitrogens with zero attached hydrogens (tertiary/aromatic N) is 4. The maximum atomic E-state index is 12.7. The Kier molecular flexibility index (Phi) is 5.76. The van der Waals surface area contributed by atoms with Crippen LogP contribution in [0.25, 0.3) is 27.9 Å². The SMILES string of the molecule is N#Cc1cnn(-c2ccccc2)c1NC(=O)COC(=O)c1ccc2noc(-c3ccccc3)c2c1. The van der Waals surface area contributed by atoms with E-state index < -0.39 is 18.5 Å². The molecule has 0 aliphatic carbocycles. The second kappa shape index (κ2) is 9.33. The van der Waals surface area contributed by atoms with Gasteiger partial charge in [-0.3, -0.25) is 4.79 Å². The zero-order chi connectivity index (χ0) is 24.2. The van der Waals surface area contributed by atoms with Crippen LogP contribution < -0.4 is 5.32 Å². The van der Waals surface area contributed by atoms with Gasteiger partial charge < -0.3 is 14.6 Å². The summed E-state index contributed by atoms with van der Waals surface area (Å²) in [5, 5.41) is 20.8. The summed E-state index contributed by atoms with van der Waals surface area (Å²) in [6.45, 7) is -0.545. The monoisotopic (exact) mass is 463 g/mol. The molecule has 1 amide bonds. The Morgan fingerprint density at radius 1 is 1.03 bits per heavy atom. The van der Waals surface area contributed by atoms with E-state index in [-0.39, 0.29) is 16.9 Å². The Morgan fingerprint density at radius 2 is 1.77 bits per heavy atom. The van der Waals surface area contributed by atoms with Gasteiger partial charge in [0.05, 0.1) is 22.8 Å². The number of esters is 1. The molecule has 0 saturated heterocycles. The molecule has 0 aliphatic heterocycles. The molecule has 2 aromatic heterocycles. The van der Waals surface area contributed by atoms with E-state index in [9.17, 15) is 14.9 Å². The Labute approximate surface area is 199 Å². The molecule has 5 aromatic rings. The number of anilines is 1. The summed E-state index contributed by atoms with van der Waals surface area (Å²) in [6.07, 6.45) is 1.35. The van der Waals surface area contributed by atoms with E-state index in [1.165, 1.54) is 10.9 Å². The van der Waals surface area contributed by atoms with Crippen LogP contribution >= 0.6 is 0 Å². The molecule has 5 rings (SSSR count). The molecular formula is C26H17N5O4. The van der Waals surface area contributed by atoms with Gasteiger partial charge in [0, 0.05) is 5.56 Å². The number of para-hydroxylation sites is 1. The Bertz CT molecular complexity index is 1570. The Balaban J connectivity index is 1.30. The number of benzene rings is 3. The molecule has 9 nitrogen and oxygen atoms in total. The summed E-state index contributed by atoms with van der Waals surface area (Å²) in [6, 6.07) is 25.3. The minimum atomic E-state index is -0.681. The molecule has 0 bridgehead atoms. The lowest BCUT2D eigenvalue weighted by Crippen LogP contribution is -2.23. The van der Waals surface area contributed by atoms with E-state index in [2.05, 4.69) is 15.6 Å². The van der Waals surface area contributed by atoms with Gasteiger partial charge in [0.2, 0.25) is 0 Å². The van der Waals surface area contributed by atoms with Crippen molar-refractivity contribution in [2.75, 3.05) is 11.9 Å². The lowest BCUT2D eigenvalue weighted by molar-refractivity contribution is -0.119. The summed E-state index contributed by atoms with van der Waals surface area (Å²) in [4.78, 5) is 25.2. The largest absolute Gasteiger partial charge is 0.452 e. The van der Waals surface area contributed by atoms with Gasteiger partial charge in [-0.1, -0.05) is 53.7 Å². The van der Waals surface area contributed by atoms with Crippen molar-refractivity contribution in [1.29, 1.82) is 5.26 Å². The molecule has 0 atom stereocenters. The van der Waals surface area contributed by atoms with Crippen LogP contribution in [-0.4, -0.2) is 33.4 Å². The van der Waals surface area contributed by atoms with Crippen molar-refractivity contribution < 1.29 is 18.8 Å². The van der Waals surface area contributed by atoms with Crippen LogP contribution in [0.3, 0.4) is 0 Å². The zero-order valence-corrected chi connectivity index (χ0v) is 18.2. The van der Waals surface area contributed by atoms with Crippen LogP contribution in [0.2, 0.25) is 0 Å². The van der Waals surface area contributed by atoms with Gasteiger partial charge in [-0.05, 0) is 30.3 Å². The number of hydrogen-bond donors (Lipinski definition) is 1. The van der Waals surface area contributed by atoms with Gasteiger partial charge in [0.15, 0.2) is 18.2 Å². The molecule has 0 aliphatic rings. The van der Waals surface area contributed by atoms with Crippen LogP contribution in [0.1, 0.15) is 15.9 Å². The third-order valence-corrected chi connectivity index (χ3v) is 5.23. The van der Waals surface area contributed by atoms with Crippen LogP contribution in [0.15, 0.2) is 89.6 Å². The van der Waals surface area contributed by atoms with Crippen molar-refractivity contribution in [1.82, 2.24) is 14.9 Å². The highest BCUT2D eigenvalue weighted by molar-refractivity contribution is 6.00. The van der Waals surface area contributed by atoms with Gasteiger partial charge in [0.1, 0.15) is 17.1 Å². The molecule has 0 spiro atoms. The molecule has 0 unspecified atom stereocenters. The number of aromatic nitrogens is 3. The second-order valence-electron chi connectivity index (χ2n) is 7.50. The molecular weight excluding hydrogens is 446 g/mol. The van der Waals surface area contributed by atoms with Crippen LogP contribution in [0.5, 0.6) is 0 Å². The van der Waals surface area contributed by atoms with Crippen molar-refractivity contribution in [3.8, 4) is 23.1 Å². The van der Waals surface area contributed by atoms with Crippen molar-refractivity contribution in [3.63, 3.8) is 0 Å². The number of ether oxygens (including phenoxy) is 1. The first-order chi connectivity index (χ1) is 17.1. The molecule has 9 heteroatoms. The number of carbonyl (C=O) groups is 2. The molecule has 0 fully saturated rings. The van der Waals surface area contributed by atoms with Gasteiger partial charge in [-0.15, -0.1) is 0 Å². The summed E-state index contributed by atoms with van der Waals surface area (Å²) in [7, 11) is 0. The minimum absolute atomic E-state index is 0.180. The number of nitrogens with one attached hydrogen (secondary N) is 1. The highest BCUT2D eigenvalue weighted by Gasteiger charge is 2.18. The van der Waals surface area contributed by atoms with Crippen molar-refractivity contribution in [3.05, 3.63) is 96.2 Å². The van der Waals surface area contributed by atoms with Gasteiger partial charge in [-0.25, -0.2) is 9.48 Å². The third-order valence-electron chi connectivity index (χ3n) is 5.23. The quantitative estimate of drug-likeness (QED) is 0.371. The highest BCUT2D eigenvalue weighted by Crippen LogP contribution is 2.29. The predicted octanol–water partition coefficient (Wildman–Crippen LogP) is 4.35. The first-order valence-corrected chi connectivity index (χ1v) is 10.6. The number of rotatable bonds is 6. The maximum absolute atomic E-state index is 12.7. The molecule has 35 heavy (non-hydrogen) atoms. The van der Waals surface area contributed by atoms with E-state index in [0.29, 0.717) is 22.4 Å². The average Bonchev–Trinajstić information content (AvgIpc) is 3.51. The molecule has 1 N–H and O–H groups in total. The van der Waals surface area contributed by atoms with Gasteiger partial charge >= 0.3 is 5.97 Å². The van der Waals surface area contributed by atoms with E-state index in [0.717, 1.165) is 5.56 Å². The van der Waals surface area contributed by atoms with Crippen molar-refractivity contribution in [2.45, 2.75) is 0 Å². The number of nitriles is 1. The van der Waals surface area contributed by atoms with Crippen molar-refractivity contribution >= 4 is 28.6 Å². The van der Waals surface area contributed by atoms with E-state index in [4.69, 9.17) is 9.26 Å². The Hall–Kier alpha value is -5.23. The van der Waals surface area contributed by atoms with Crippen LogP contribution in [0, 0.1) is 11.3 Å².